The van der Waals surface area contributed by atoms with E-state index in [4.69, 9.17) is 4.98 Å². The quantitative estimate of drug-likeness (QED) is 0.436. The van der Waals surface area contributed by atoms with Crippen molar-refractivity contribution in [2.24, 2.45) is 4.99 Å². The summed E-state index contributed by atoms with van der Waals surface area (Å²) in [5.41, 5.74) is 4.11. The molecule has 0 aliphatic rings. The number of benzene rings is 2. The van der Waals surface area contributed by atoms with E-state index in [1.807, 2.05) is 74.5 Å². The Morgan fingerprint density at radius 1 is 0.935 bits per heavy atom. The minimum absolute atomic E-state index is 0.0155. The van der Waals surface area contributed by atoms with Crippen molar-refractivity contribution in [3.05, 3.63) is 112 Å². The van der Waals surface area contributed by atoms with E-state index >= 15 is 0 Å². The lowest BCUT2D eigenvalue weighted by atomic mass is 10.1. The number of nitrogens with zero attached hydrogens (tertiary/aromatic N) is 3. The van der Waals surface area contributed by atoms with E-state index in [2.05, 4.69) is 29.4 Å². The molecule has 0 bridgehead atoms. The van der Waals surface area contributed by atoms with Gasteiger partial charge in [0.25, 0.3) is 5.56 Å². The fourth-order valence-corrected chi connectivity index (χ4v) is 3.57. The van der Waals surface area contributed by atoms with E-state index in [1.165, 1.54) is 0 Å². The van der Waals surface area contributed by atoms with Crippen molar-refractivity contribution >= 4 is 17.7 Å². The Morgan fingerprint density at radius 3 is 2.26 bits per heavy atom. The summed E-state index contributed by atoms with van der Waals surface area (Å²) in [7, 11) is 0. The maximum atomic E-state index is 13.4. The van der Waals surface area contributed by atoms with Crippen LogP contribution in [-0.4, -0.2) is 15.6 Å². The van der Waals surface area contributed by atoms with Gasteiger partial charge in [-0.25, -0.2) is 4.98 Å². The minimum Gasteiger partial charge on any atom is -0.363 e. The van der Waals surface area contributed by atoms with E-state index in [0.29, 0.717) is 17.0 Å². The van der Waals surface area contributed by atoms with Crippen LogP contribution in [0.3, 0.4) is 0 Å². The third-order valence-electron chi connectivity index (χ3n) is 5.45. The summed E-state index contributed by atoms with van der Waals surface area (Å²) in [5.74, 6) is 0.541. The lowest BCUT2D eigenvalue weighted by Gasteiger charge is -2.17. The molecule has 5 heteroatoms. The van der Waals surface area contributed by atoms with Crippen molar-refractivity contribution in [3.63, 3.8) is 0 Å². The number of aromatic nitrogens is 2. The molecular formula is C26H26N4O. The number of anilines is 1. The van der Waals surface area contributed by atoms with E-state index < -0.39 is 0 Å². The number of aryl methyl sites for hydroxylation is 1. The lowest BCUT2D eigenvalue weighted by molar-refractivity contribution is 0.824. The van der Waals surface area contributed by atoms with E-state index in [-0.39, 0.29) is 17.6 Å². The van der Waals surface area contributed by atoms with Crippen molar-refractivity contribution in [2.45, 2.75) is 32.9 Å². The van der Waals surface area contributed by atoms with E-state index in [1.54, 1.807) is 16.8 Å². The van der Waals surface area contributed by atoms with Crippen LogP contribution in [0.1, 0.15) is 48.2 Å². The lowest BCUT2D eigenvalue weighted by Crippen LogP contribution is -2.24. The maximum absolute atomic E-state index is 13.4. The average molecular weight is 411 g/mol. The molecule has 0 saturated heterocycles. The van der Waals surface area contributed by atoms with Crippen LogP contribution in [0.15, 0.2) is 88.8 Å². The zero-order chi connectivity index (χ0) is 21.8. The average Bonchev–Trinajstić information content (AvgIpc) is 2.80. The van der Waals surface area contributed by atoms with Gasteiger partial charge in [-0.3, -0.25) is 14.2 Å². The fourth-order valence-electron chi connectivity index (χ4n) is 3.57. The van der Waals surface area contributed by atoms with Crippen LogP contribution in [0.2, 0.25) is 0 Å². The molecule has 0 aliphatic carbocycles. The molecule has 2 heterocycles. The molecule has 0 aliphatic heterocycles. The fraction of sp³-hybridized carbons (Fsp3) is 0.192. The van der Waals surface area contributed by atoms with Crippen LogP contribution in [0.25, 0.3) is 5.65 Å². The van der Waals surface area contributed by atoms with Gasteiger partial charge >= 0.3 is 0 Å². The third-order valence-corrected chi connectivity index (χ3v) is 5.45. The Bertz CT molecular complexity index is 1260. The molecule has 0 fully saturated rings. The van der Waals surface area contributed by atoms with Gasteiger partial charge in [-0.1, -0.05) is 66.7 Å². The molecule has 0 saturated carbocycles. The molecule has 5 nitrogen and oxygen atoms in total. The molecule has 0 spiro atoms. The zero-order valence-electron chi connectivity index (χ0n) is 18.0. The summed E-state index contributed by atoms with van der Waals surface area (Å²) in [4.78, 5) is 22.8. The first kappa shape index (κ1) is 20.5. The Kier molecular flexibility index (Phi) is 5.94. The first-order valence-electron chi connectivity index (χ1n) is 10.5. The molecule has 31 heavy (non-hydrogen) atoms. The van der Waals surface area contributed by atoms with Crippen molar-refractivity contribution in [2.75, 3.05) is 5.32 Å². The van der Waals surface area contributed by atoms with Crippen molar-refractivity contribution in [1.82, 2.24) is 9.38 Å². The number of nitrogens with one attached hydrogen (secondary N) is 1. The number of hydrogen-bond acceptors (Lipinski definition) is 4. The Morgan fingerprint density at radius 2 is 1.58 bits per heavy atom. The standard InChI is InChI=1S/C26H26N4O/c1-18-11-10-16-30-25(18)29-24(28-20(3)22-14-8-5-9-15-22)23(26(30)31)17-27-19(2)21-12-6-4-7-13-21/h4-17,19-20,28H,1-3H3/t19-,20+/m1/s1. The molecule has 0 unspecified atom stereocenters. The Hall–Kier alpha value is -3.73. The molecule has 2 aromatic carbocycles. The van der Waals surface area contributed by atoms with Gasteiger partial charge in [0.15, 0.2) is 0 Å². The molecule has 2 aromatic heterocycles. The normalized spacial score (nSPS) is 13.4. The predicted molar refractivity (Wildman–Crippen MR) is 127 cm³/mol. The van der Waals surface area contributed by atoms with Crippen molar-refractivity contribution < 1.29 is 0 Å². The monoisotopic (exact) mass is 410 g/mol. The molecule has 0 radical (unpaired) electrons. The summed E-state index contributed by atoms with van der Waals surface area (Å²) in [6.45, 7) is 6.03. The summed E-state index contributed by atoms with van der Waals surface area (Å²) in [6.07, 6.45) is 3.40. The van der Waals surface area contributed by atoms with Gasteiger partial charge < -0.3 is 5.32 Å². The van der Waals surface area contributed by atoms with E-state index in [9.17, 15) is 4.79 Å². The van der Waals surface area contributed by atoms with Gasteiger partial charge in [-0.15, -0.1) is 0 Å². The number of pyridine rings is 1. The van der Waals surface area contributed by atoms with Gasteiger partial charge in [0.05, 0.1) is 6.04 Å². The van der Waals surface area contributed by atoms with Crippen LogP contribution in [0.5, 0.6) is 0 Å². The van der Waals surface area contributed by atoms with Crippen molar-refractivity contribution in [1.29, 1.82) is 0 Å². The SMILES string of the molecule is Cc1cccn2c(=O)c(C=N[C@H](C)c3ccccc3)c(N[C@@H](C)c3ccccc3)nc12. The predicted octanol–water partition coefficient (Wildman–Crippen LogP) is 5.36. The van der Waals surface area contributed by atoms with Crippen LogP contribution >= 0.6 is 0 Å². The Labute approximate surface area is 182 Å². The second kappa shape index (κ2) is 8.96. The van der Waals surface area contributed by atoms with Gasteiger partial charge in [-0.05, 0) is 43.5 Å². The van der Waals surface area contributed by atoms with Crippen LogP contribution < -0.4 is 10.9 Å². The van der Waals surface area contributed by atoms with Gasteiger partial charge in [0.2, 0.25) is 0 Å². The number of rotatable bonds is 6. The molecule has 1 N–H and O–H groups in total. The molecule has 156 valence electrons. The largest absolute Gasteiger partial charge is 0.363 e. The topological polar surface area (TPSA) is 58.8 Å². The molecule has 0 amide bonds. The zero-order valence-corrected chi connectivity index (χ0v) is 18.0. The summed E-state index contributed by atoms with van der Waals surface area (Å²) in [6, 6.07) is 23.9. The molecule has 4 aromatic rings. The second-order valence-corrected chi connectivity index (χ2v) is 7.71. The molecule has 2 atom stereocenters. The van der Waals surface area contributed by atoms with E-state index in [0.717, 1.165) is 16.7 Å². The van der Waals surface area contributed by atoms with Gasteiger partial charge in [-0.2, -0.15) is 0 Å². The molecular weight excluding hydrogens is 384 g/mol. The Balaban J connectivity index is 1.78. The first-order valence-corrected chi connectivity index (χ1v) is 10.5. The van der Waals surface area contributed by atoms with Crippen LogP contribution in [0, 0.1) is 6.92 Å². The first-order chi connectivity index (χ1) is 15.0. The highest BCUT2D eigenvalue weighted by atomic mass is 16.1. The van der Waals surface area contributed by atoms with Gasteiger partial charge in [0, 0.05) is 18.5 Å². The number of aliphatic imine (C=N–C) groups is 1. The highest BCUT2D eigenvalue weighted by molar-refractivity contribution is 5.87. The maximum Gasteiger partial charge on any atom is 0.268 e. The summed E-state index contributed by atoms with van der Waals surface area (Å²) in [5, 5.41) is 3.43. The van der Waals surface area contributed by atoms with Crippen LogP contribution in [-0.2, 0) is 0 Å². The van der Waals surface area contributed by atoms with Crippen molar-refractivity contribution in [3.8, 4) is 0 Å². The smallest absolute Gasteiger partial charge is 0.268 e. The highest BCUT2D eigenvalue weighted by Crippen LogP contribution is 2.21. The summed E-state index contributed by atoms with van der Waals surface area (Å²) < 4.78 is 1.59. The number of fused-ring (bicyclic) bond motifs is 1. The summed E-state index contributed by atoms with van der Waals surface area (Å²) >= 11 is 0. The van der Waals surface area contributed by atoms with Crippen LogP contribution in [0.4, 0.5) is 5.82 Å². The minimum atomic E-state index is -0.138. The molecule has 4 rings (SSSR count). The second-order valence-electron chi connectivity index (χ2n) is 7.71. The van der Waals surface area contributed by atoms with Gasteiger partial charge in [0.1, 0.15) is 17.0 Å². The third kappa shape index (κ3) is 4.40. The highest BCUT2D eigenvalue weighted by Gasteiger charge is 2.15. The number of hydrogen-bond donors (Lipinski definition) is 1.